The predicted molar refractivity (Wildman–Crippen MR) is 72.1 cm³/mol. The maximum Gasteiger partial charge on any atom is 0.274 e. The van der Waals surface area contributed by atoms with E-state index in [1.807, 2.05) is 0 Å². The van der Waals surface area contributed by atoms with E-state index < -0.39 is 28.2 Å². The van der Waals surface area contributed by atoms with Crippen molar-refractivity contribution in [1.29, 1.82) is 0 Å². The van der Waals surface area contributed by atoms with Crippen LogP contribution in [0.25, 0.3) is 0 Å². The van der Waals surface area contributed by atoms with Gasteiger partial charge in [0.2, 0.25) is 0 Å². The van der Waals surface area contributed by atoms with Gasteiger partial charge in [-0.2, -0.15) is 0 Å². The van der Waals surface area contributed by atoms with Crippen LogP contribution in [0.4, 0.5) is 20.2 Å². The summed E-state index contributed by atoms with van der Waals surface area (Å²) < 4.78 is 26.2. The first-order chi connectivity index (χ1) is 9.86. The molecule has 0 spiro atoms. The second kappa shape index (κ2) is 5.66. The summed E-state index contributed by atoms with van der Waals surface area (Å²) in [5.74, 6) is -1.92. The monoisotopic (exact) mass is 292 g/mol. The van der Waals surface area contributed by atoms with Crippen LogP contribution >= 0.6 is 0 Å². The average molecular weight is 292 g/mol. The zero-order valence-corrected chi connectivity index (χ0v) is 10.9. The molecule has 2 rings (SSSR count). The van der Waals surface area contributed by atoms with E-state index in [1.165, 1.54) is 12.1 Å². The lowest BCUT2D eigenvalue weighted by atomic mass is 10.1. The first kappa shape index (κ1) is 14.6. The minimum atomic E-state index is -0.838. The number of non-ortho nitro benzene ring substituents is 1. The van der Waals surface area contributed by atoms with E-state index in [-0.39, 0.29) is 11.3 Å². The molecular formula is C14H10F2N2O3. The topological polar surface area (TPSA) is 72.2 Å². The molecule has 0 aliphatic heterocycles. The number of aryl methyl sites for hydroxylation is 1. The number of nitro benzene ring substituents is 1. The van der Waals surface area contributed by atoms with Crippen LogP contribution in [0.1, 0.15) is 15.9 Å². The highest BCUT2D eigenvalue weighted by molar-refractivity contribution is 6.05. The highest BCUT2D eigenvalue weighted by Gasteiger charge is 2.14. The summed E-state index contributed by atoms with van der Waals surface area (Å²) in [6.45, 7) is 1.55. The van der Waals surface area contributed by atoms with Gasteiger partial charge in [0.25, 0.3) is 11.6 Å². The van der Waals surface area contributed by atoms with Crippen molar-refractivity contribution in [3.8, 4) is 0 Å². The molecule has 1 N–H and O–H groups in total. The SMILES string of the molecule is Cc1cc(F)ccc1C(=O)Nc1cc(F)cc([N+](=O)[O-])c1. The van der Waals surface area contributed by atoms with Crippen LogP contribution in [0.3, 0.4) is 0 Å². The molecule has 0 saturated carbocycles. The minimum absolute atomic E-state index is 0.0459. The Balaban J connectivity index is 2.29. The Hall–Kier alpha value is -2.83. The number of carbonyl (C=O) groups is 1. The van der Waals surface area contributed by atoms with E-state index in [1.54, 1.807) is 6.92 Å². The Morgan fingerprint density at radius 1 is 1.14 bits per heavy atom. The molecule has 0 unspecified atom stereocenters. The maximum atomic E-state index is 13.3. The Morgan fingerprint density at radius 3 is 2.48 bits per heavy atom. The first-order valence-electron chi connectivity index (χ1n) is 5.89. The zero-order chi connectivity index (χ0) is 15.6. The number of nitro groups is 1. The fraction of sp³-hybridized carbons (Fsp3) is 0.0714. The van der Waals surface area contributed by atoms with Crippen molar-refractivity contribution in [3.63, 3.8) is 0 Å². The molecule has 0 aromatic heterocycles. The van der Waals surface area contributed by atoms with Crippen molar-refractivity contribution in [2.24, 2.45) is 0 Å². The number of nitrogens with zero attached hydrogens (tertiary/aromatic N) is 1. The van der Waals surface area contributed by atoms with E-state index in [0.29, 0.717) is 5.56 Å². The number of rotatable bonds is 3. The Bertz CT molecular complexity index is 732. The molecule has 0 aliphatic rings. The van der Waals surface area contributed by atoms with Gasteiger partial charge in [-0.15, -0.1) is 0 Å². The molecule has 2 aromatic rings. The largest absolute Gasteiger partial charge is 0.322 e. The van der Waals surface area contributed by atoms with E-state index >= 15 is 0 Å². The second-order valence-corrected chi connectivity index (χ2v) is 4.37. The number of hydrogen-bond acceptors (Lipinski definition) is 3. The fourth-order valence-electron chi connectivity index (χ4n) is 1.83. The van der Waals surface area contributed by atoms with Gasteiger partial charge < -0.3 is 5.32 Å². The molecule has 2 aromatic carbocycles. The van der Waals surface area contributed by atoms with E-state index in [9.17, 15) is 23.7 Å². The van der Waals surface area contributed by atoms with Crippen molar-refractivity contribution < 1.29 is 18.5 Å². The third kappa shape index (κ3) is 3.38. The van der Waals surface area contributed by atoms with Gasteiger partial charge in [-0.1, -0.05) is 0 Å². The number of anilines is 1. The Kier molecular flexibility index (Phi) is 3.93. The van der Waals surface area contributed by atoms with Crippen LogP contribution in [0.5, 0.6) is 0 Å². The molecule has 0 aliphatic carbocycles. The third-order valence-electron chi connectivity index (χ3n) is 2.78. The number of nitrogens with one attached hydrogen (secondary N) is 1. The minimum Gasteiger partial charge on any atom is -0.322 e. The first-order valence-corrected chi connectivity index (χ1v) is 5.89. The molecule has 0 fully saturated rings. The van der Waals surface area contributed by atoms with Crippen LogP contribution in [0.2, 0.25) is 0 Å². The number of benzene rings is 2. The molecule has 21 heavy (non-hydrogen) atoms. The van der Waals surface area contributed by atoms with Gasteiger partial charge >= 0.3 is 0 Å². The summed E-state index contributed by atoms with van der Waals surface area (Å²) in [4.78, 5) is 21.9. The molecule has 0 heterocycles. The molecule has 7 heteroatoms. The number of halogens is 2. The fourth-order valence-corrected chi connectivity index (χ4v) is 1.83. The summed E-state index contributed by atoms with van der Waals surface area (Å²) in [6.07, 6.45) is 0. The van der Waals surface area contributed by atoms with Crippen molar-refractivity contribution in [3.05, 3.63) is 69.3 Å². The average Bonchev–Trinajstić information content (AvgIpc) is 2.37. The van der Waals surface area contributed by atoms with E-state index in [2.05, 4.69) is 5.32 Å². The smallest absolute Gasteiger partial charge is 0.274 e. The molecule has 0 saturated heterocycles. The lowest BCUT2D eigenvalue weighted by molar-refractivity contribution is -0.385. The van der Waals surface area contributed by atoms with E-state index in [0.717, 1.165) is 24.3 Å². The molecule has 0 atom stereocenters. The highest BCUT2D eigenvalue weighted by atomic mass is 19.1. The molecule has 0 radical (unpaired) electrons. The van der Waals surface area contributed by atoms with Crippen LogP contribution in [-0.4, -0.2) is 10.8 Å². The third-order valence-corrected chi connectivity index (χ3v) is 2.78. The number of carbonyl (C=O) groups excluding carboxylic acids is 1. The normalized spacial score (nSPS) is 10.2. The van der Waals surface area contributed by atoms with E-state index in [4.69, 9.17) is 0 Å². The van der Waals surface area contributed by atoms with Crippen molar-refractivity contribution in [1.82, 2.24) is 0 Å². The van der Waals surface area contributed by atoms with Gasteiger partial charge in [0.05, 0.1) is 16.7 Å². The number of hydrogen-bond donors (Lipinski definition) is 1. The second-order valence-electron chi connectivity index (χ2n) is 4.37. The number of amides is 1. The van der Waals surface area contributed by atoms with Crippen LogP contribution in [0.15, 0.2) is 36.4 Å². The summed E-state index contributed by atoms with van der Waals surface area (Å²) >= 11 is 0. The van der Waals surface area contributed by atoms with Gasteiger partial charge in [-0.25, -0.2) is 8.78 Å². The lowest BCUT2D eigenvalue weighted by Gasteiger charge is -2.08. The zero-order valence-electron chi connectivity index (χ0n) is 10.9. The molecule has 1 amide bonds. The summed E-state index contributed by atoms with van der Waals surface area (Å²) in [7, 11) is 0. The van der Waals surface area contributed by atoms with Crippen molar-refractivity contribution in [2.45, 2.75) is 6.92 Å². The summed E-state index contributed by atoms with van der Waals surface area (Å²) in [5.41, 5.74) is 0.0817. The van der Waals surface area contributed by atoms with Gasteiger partial charge in [-0.05, 0) is 36.8 Å². The van der Waals surface area contributed by atoms with Gasteiger partial charge in [0.1, 0.15) is 11.6 Å². The maximum absolute atomic E-state index is 13.3. The van der Waals surface area contributed by atoms with Crippen molar-refractivity contribution in [2.75, 3.05) is 5.32 Å². The van der Waals surface area contributed by atoms with Gasteiger partial charge in [0.15, 0.2) is 0 Å². The quantitative estimate of drug-likeness (QED) is 0.695. The van der Waals surface area contributed by atoms with Gasteiger partial charge in [0, 0.05) is 11.6 Å². The molecule has 5 nitrogen and oxygen atoms in total. The molecular weight excluding hydrogens is 282 g/mol. The van der Waals surface area contributed by atoms with Crippen LogP contribution < -0.4 is 5.32 Å². The standard InChI is InChI=1S/C14H10F2N2O3/c1-8-4-9(15)2-3-13(8)14(19)17-11-5-10(16)6-12(7-11)18(20)21/h2-7H,1H3,(H,17,19). The van der Waals surface area contributed by atoms with Crippen LogP contribution in [-0.2, 0) is 0 Å². The molecule has 108 valence electrons. The Labute approximate surface area is 118 Å². The summed E-state index contributed by atoms with van der Waals surface area (Å²) in [6, 6.07) is 6.34. The highest BCUT2D eigenvalue weighted by Crippen LogP contribution is 2.21. The lowest BCUT2D eigenvalue weighted by Crippen LogP contribution is -2.13. The molecule has 0 bridgehead atoms. The predicted octanol–water partition coefficient (Wildman–Crippen LogP) is 3.43. The van der Waals surface area contributed by atoms with Crippen molar-refractivity contribution >= 4 is 17.3 Å². The Morgan fingerprint density at radius 2 is 1.86 bits per heavy atom. The van der Waals surface area contributed by atoms with Crippen LogP contribution in [0, 0.1) is 28.7 Å². The summed E-state index contributed by atoms with van der Waals surface area (Å²) in [5, 5.41) is 13.0. The van der Waals surface area contributed by atoms with Gasteiger partial charge in [-0.3, -0.25) is 14.9 Å².